The summed E-state index contributed by atoms with van der Waals surface area (Å²) in [6, 6.07) is 10.1. The number of carbonyl (C=O) groups excluding carboxylic acids is 1. The van der Waals surface area contributed by atoms with Crippen molar-refractivity contribution >= 4 is 5.91 Å². The second kappa shape index (κ2) is 7.31. The highest BCUT2D eigenvalue weighted by Gasteiger charge is 2.14. The highest BCUT2D eigenvalue weighted by Crippen LogP contribution is 2.27. The number of nitrogens with zero attached hydrogens (tertiary/aromatic N) is 1. The molecule has 0 unspecified atom stereocenters. The van der Waals surface area contributed by atoms with E-state index in [9.17, 15) is 10.0 Å². The van der Waals surface area contributed by atoms with Gasteiger partial charge in [0.2, 0.25) is 0 Å². The number of ether oxygens (including phenoxy) is 2. The van der Waals surface area contributed by atoms with E-state index in [1.807, 2.05) is 13.0 Å². The Hall–Kier alpha value is -2.76. The number of benzene rings is 1. The maximum atomic E-state index is 12.0. The number of pyridine rings is 1. The fourth-order valence-corrected chi connectivity index (χ4v) is 1.97. The minimum Gasteiger partial charge on any atom is -0.618 e. The van der Waals surface area contributed by atoms with Crippen molar-refractivity contribution in [3.63, 3.8) is 0 Å². The van der Waals surface area contributed by atoms with Crippen molar-refractivity contribution in [2.75, 3.05) is 13.7 Å². The van der Waals surface area contributed by atoms with Crippen LogP contribution < -0.4 is 19.5 Å². The van der Waals surface area contributed by atoms with Crippen molar-refractivity contribution in [1.29, 1.82) is 0 Å². The molecule has 0 spiro atoms. The monoisotopic (exact) mass is 302 g/mol. The molecule has 1 N–H and O–H groups in total. The van der Waals surface area contributed by atoms with Gasteiger partial charge >= 0.3 is 5.91 Å². The van der Waals surface area contributed by atoms with Gasteiger partial charge in [-0.3, -0.25) is 4.79 Å². The third kappa shape index (κ3) is 3.66. The zero-order valence-electron chi connectivity index (χ0n) is 12.5. The van der Waals surface area contributed by atoms with E-state index in [0.717, 1.165) is 5.56 Å². The first kappa shape index (κ1) is 15.6. The minimum absolute atomic E-state index is 0.0559. The van der Waals surface area contributed by atoms with Crippen molar-refractivity contribution in [1.82, 2.24) is 5.32 Å². The number of hydrogen-bond donors (Lipinski definition) is 1. The van der Waals surface area contributed by atoms with E-state index in [-0.39, 0.29) is 12.2 Å². The molecule has 6 nitrogen and oxygen atoms in total. The second-order valence-corrected chi connectivity index (χ2v) is 4.51. The van der Waals surface area contributed by atoms with E-state index >= 15 is 0 Å². The lowest BCUT2D eigenvalue weighted by Gasteiger charge is -2.11. The van der Waals surface area contributed by atoms with Crippen LogP contribution in [0.15, 0.2) is 42.6 Å². The highest BCUT2D eigenvalue weighted by molar-refractivity contribution is 5.90. The van der Waals surface area contributed by atoms with Crippen LogP contribution in [0.25, 0.3) is 0 Å². The molecule has 0 bridgehead atoms. The van der Waals surface area contributed by atoms with Crippen LogP contribution in [-0.4, -0.2) is 19.6 Å². The van der Waals surface area contributed by atoms with Crippen LogP contribution in [0.5, 0.6) is 11.5 Å². The lowest BCUT2D eigenvalue weighted by atomic mass is 10.2. The summed E-state index contributed by atoms with van der Waals surface area (Å²) in [6.45, 7) is 2.73. The normalized spacial score (nSPS) is 10.1. The van der Waals surface area contributed by atoms with Crippen LogP contribution in [0, 0.1) is 5.21 Å². The summed E-state index contributed by atoms with van der Waals surface area (Å²) in [4.78, 5) is 12.0. The SMILES string of the molecule is CCOc1ccc(CNC(=O)c2cccc[n+]2[O-])cc1OC. The number of hydrogen-bond acceptors (Lipinski definition) is 4. The van der Waals surface area contributed by atoms with E-state index < -0.39 is 5.91 Å². The molecular weight excluding hydrogens is 284 g/mol. The van der Waals surface area contributed by atoms with Gasteiger partial charge in [-0.25, -0.2) is 0 Å². The topological polar surface area (TPSA) is 74.5 Å². The Morgan fingerprint density at radius 2 is 2.09 bits per heavy atom. The zero-order valence-corrected chi connectivity index (χ0v) is 12.5. The molecule has 1 aromatic carbocycles. The predicted molar refractivity (Wildman–Crippen MR) is 80.7 cm³/mol. The average molecular weight is 302 g/mol. The Labute approximate surface area is 128 Å². The Morgan fingerprint density at radius 1 is 1.27 bits per heavy atom. The summed E-state index contributed by atoms with van der Waals surface area (Å²) in [7, 11) is 1.56. The number of nitrogens with one attached hydrogen (secondary N) is 1. The van der Waals surface area contributed by atoms with E-state index in [4.69, 9.17) is 9.47 Å². The van der Waals surface area contributed by atoms with Crippen LogP contribution in [0.1, 0.15) is 23.0 Å². The molecule has 0 aliphatic heterocycles. The molecule has 116 valence electrons. The molecule has 0 aliphatic rings. The minimum atomic E-state index is -0.427. The maximum absolute atomic E-state index is 12.0. The molecule has 1 amide bonds. The van der Waals surface area contributed by atoms with E-state index in [1.165, 1.54) is 12.3 Å². The Balaban J connectivity index is 2.05. The van der Waals surface area contributed by atoms with Gasteiger partial charge in [0, 0.05) is 18.7 Å². The zero-order chi connectivity index (χ0) is 15.9. The summed E-state index contributed by atoms with van der Waals surface area (Å²) in [5.74, 6) is 0.830. The van der Waals surface area contributed by atoms with Gasteiger partial charge in [0.1, 0.15) is 0 Å². The molecular formula is C16H18N2O4. The third-order valence-corrected chi connectivity index (χ3v) is 3.04. The van der Waals surface area contributed by atoms with Crippen LogP contribution in [0.2, 0.25) is 0 Å². The van der Waals surface area contributed by atoms with Crippen molar-refractivity contribution in [2.45, 2.75) is 13.5 Å². The molecule has 0 aliphatic carbocycles. The molecule has 0 radical (unpaired) electrons. The van der Waals surface area contributed by atoms with Gasteiger partial charge in [0.25, 0.3) is 5.69 Å². The molecule has 6 heteroatoms. The van der Waals surface area contributed by atoms with Crippen LogP contribution in [0.4, 0.5) is 0 Å². The van der Waals surface area contributed by atoms with E-state index in [2.05, 4.69) is 5.32 Å². The molecule has 0 fully saturated rings. The second-order valence-electron chi connectivity index (χ2n) is 4.51. The lowest BCUT2D eigenvalue weighted by molar-refractivity contribution is -0.607. The fourth-order valence-electron chi connectivity index (χ4n) is 1.97. The highest BCUT2D eigenvalue weighted by atomic mass is 16.5. The molecule has 1 aromatic heterocycles. The summed E-state index contributed by atoms with van der Waals surface area (Å²) in [5, 5.41) is 14.2. The summed E-state index contributed by atoms with van der Waals surface area (Å²) >= 11 is 0. The Kier molecular flexibility index (Phi) is 5.19. The average Bonchev–Trinajstić information content (AvgIpc) is 2.54. The first-order valence-corrected chi connectivity index (χ1v) is 6.91. The number of methoxy groups -OCH3 is 1. The van der Waals surface area contributed by atoms with Gasteiger partial charge in [-0.2, -0.15) is 4.73 Å². The van der Waals surface area contributed by atoms with E-state index in [0.29, 0.717) is 22.8 Å². The van der Waals surface area contributed by atoms with Crippen molar-refractivity contribution in [2.24, 2.45) is 0 Å². The molecule has 22 heavy (non-hydrogen) atoms. The van der Waals surface area contributed by atoms with Crippen molar-refractivity contribution in [3.8, 4) is 11.5 Å². The smallest absolute Gasteiger partial charge is 0.317 e. The van der Waals surface area contributed by atoms with Crippen LogP contribution in [-0.2, 0) is 6.54 Å². The first-order valence-electron chi connectivity index (χ1n) is 6.91. The maximum Gasteiger partial charge on any atom is 0.317 e. The molecule has 2 aromatic rings. The third-order valence-electron chi connectivity index (χ3n) is 3.04. The quantitative estimate of drug-likeness (QED) is 0.650. The largest absolute Gasteiger partial charge is 0.618 e. The Bertz CT molecular complexity index is 658. The Morgan fingerprint density at radius 3 is 2.77 bits per heavy atom. The standard InChI is InChI=1S/C16H18N2O4/c1-3-22-14-8-7-12(10-15(14)21-2)11-17-16(19)13-6-4-5-9-18(13)20/h4-10H,3,11H2,1-2H3,(H,17,19). The van der Waals surface area contributed by atoms with Gasteiger partial charge in [-0.15, -0.1) is 0 Å². The van der Waals surface area contributed by atoms with Crippen molar-refractivity contribution in [3.05, 3.63) is 59.1 Å². The molecule has 1 heterocycles. The fraction of sp³-hybridized carbons (Fsp3) is 0.250. The lowest BCUT2D eigenvalue weighted by Crippen LogP contribution is -2.38. The summed E-state index contributed by atoms with van der Waals surface area (Å²) in [6.07, 6.45) is 1.29. The van der Waals surface area contributed by atoms with Crippen LogP contribution >= 0.6 is 0 Å². The molecule has 2 rings (SSSR count). The number of aromatic nitrogens is 1. The number of amides is 1. The summed E-state index contributed by atoms with van der Waals surface area (Å²) in [5.41, 5.74) is 0.905. The number of rotatable bonds is 6. The van der Waals surface area contributed by atoms with Gasteiger partial charge in [-0.05, 0) is 30.7 Å². The van der Waals surface area contributed by atoms with Gasteiger partial charge in [0.05, 0.1) is 13.7 Å². The molecule has 0 atom stereocenters. The predicted octanol–water partition coefficient (Wildman–Crippen LogP) is 1.66. The van der Waals surface area contributed by atoms with Gasteiger partial charge in [-0.1, -0.05) is 6.07 Å². The van der Waals surface area contributed by atoms with Gasteiger partial charge < -0.3 is 20.0 Å². The summed E-state index contributed by atoms with van der Waals surface area (Å²) < 4.78 is 11.2. The number of carbonyl (C=O) groups is 1. The van der Waals surface area contributed by atoms with Gasteiger partial charge in [0.15, 0.2) is 17.7 Å². The first-order chi connectivity index (χ1) is 10.7. The van der Waals surface area contributed by atoms with Crippen molar-refractivity contribution < 1.29 is 19.0 Å². The van der Waals surface area contributed by atoms with Crippen LogP contribution in [0.3, 0.4) is 0 Å². The molecule has 0 saturated carbocycles. The van der Waals surface area contributed by atoms with E-state index in [1.54, 1.807) is 31.4 Å². The molecule has 0 saturated heterocycles.